The number of allylic oxidation sites excluding steroid dienone is 1. The topological polar surface area (TPSA) is 0 Å². The predicted octanol–water partition coefficient (Wildman–Crippen LogP) is 3.72. The van der Waals surface area contributed by atoms with E-state index in [9.17, 15) is 13.2 Å². The van der Waals surface area contributed by atoms with Crippen LogP contribution in [0, 0.1) is 0 Å². The van der Waals surface area contributed by atoms with Gasteiger partial charge < -0.3 is 12.4 Å². The van der Waals surface area contributed by atoms with E-state index >= 15 is 0 Å². The van der Waals surface area contributed by atoms with Crippen molar-refractivity contribution in [2.45, 2.75) is 6.18 Å². The normalized spacial score (nSPS) is 11.8. The summed E-state index contributed by atoms with van der Waals surface area (Å²) in [4.78, 5) is 0. The van der Waals surface area contributed by atoms with Crippen molar-refractivity contribution in [1.82, 2.24) is 0 Å². The van der Waals surface area contributed by atoms with Crippen molar-refractivity contribution in [3.8, 4) is 0 Å². The molecule has 0 spiro atoms. The summed E-state index contributed by atoms with van der Waals surface area (Å²) < 4.78 is 38.6. The molecule has 0 saturated carbocycles. The first-order valence-electron chi connectivity index (χ1n) is 10.4. The molecule has 0 heterocycles. The summed E-state index contributed by atoms with van der Waals surface area (Å²) in [5.74, 6) is 0. The molecule has 33 heavy (non-hydrogen) atoms. The van der Waals surface area contributed by atoms with Gasteiger partial charge in [0.2, 0.25) is 0 Å². The van der Waals surface area contributed by atoms with Crippen LogP contribution in [0.1, 0.15) is 11.1 Å². The molecule has 0 aromatic heterocycles. The molecule has 0 unspecified atom stereocenters. The number of halogens is 4. The van der Waals surface area contributed by atoms with Gasteiger partial charge in [0.05, 0.1) is 11.7 Å². The van der Waals surface area contributed by atoms with E-state index in [0.29, 0.717) is 0 Å². The van der Waals surface area contributed by atoms with Crippen LogP contribution in [-0.4, -0.2) is 6.16 Å². The third kappa shape index (κ3) is 5.55. The molecule has 0 N–H and O–H groups in total. The molecule has 0 atom stereocenters. The van der Waals surface area contributed by atoms with Crippen molar-refractivity contribution < 1.29 is 25.6 Å². The fourth-order valence-corrected chi connectivity index (χ4v) is 7.93. The number of hydrogen-bond acceptors (Lipinski definition) is 0. The molecule has 4 aromatic rings. The minimum atomic E-state index is -4.32. The van der Waals surface area contributed by atoms with Gasteiger partial charge in [-0.05, 0) is 60.2 Å². The number of rotatable bonds is 6. The van der Waals surface area contributed by atoms with Gasteiger partial charge in [-0.2, -0.15) is 13.2 Å². The summed E-state index contributed by atoms with van der Waals surface area (Å²) in [6.45, 7) is 0. The maximum Gasteiger partial charge on any atom is 0.416 e. The van der Waals surface area contributed by atoms with E-state index < -0.39 is 19.0 Å². The van der Waals surface area contributed by atoms with Gasteiger partial charge in [-0.15, -0.1) is 0 Å². The van der Waals surface area contributed by atoms with E-state index in [4.69, 9.17) is 0 Å². The predicted molar refractivity (Wildman–Crippen MR) is 130 cm³/mol. The Bertz CT molecular complexity index is 1060. The first-order chi connectivity index (χ1) is 15.5. The summed E-state index contributed by atoms with van der Waals surface area (Å²) >= 11 is 0. The van der Waals surface area contributed by atoms with Crippen molar-refractivity contribution in [3.05, 3.63) is 132 Å². The Morgan fingerprint density at radius 2 is 0.970 bits per heavy atom. The van der Waals surface area contributed by atoms with Crippen LogP contribution in [-0.2, 0) is 6.18 Å². The first kappa shape index (κ1) is 24.8. The van der Waals surface area contributed by atoms with E-state index in [1.165, 1.54) is 28.0 Å². The molecule has 0 amide bonds. The lowest BCUT2D eigenvalue weighted by Crippen LogP contribution is -3.00. The molecule has 0 saturated heterocycles. The Balaban J connectivity index is 0.00000306. The highest BCUT2D eigenvalue weighted by Gasteiger charge is 2.44. The Morgan fingerprint density at radius 1 is 0.576 bits per heavy atom. The molecule has 0 bridgehead atoms. The first-order valence-corrected chi connectivity index (χ1v) is 12.4. The van der Waals surface area contributed by atoms with Gasteiger partial charge in [-0.1, -0.05) is 72.8 Å². The largest absolute Gasteiger partial charge is 1.00 e. The Hall–Kier alpha value is -2.87. The zero-order valence-electron chi connectivity index (χ0n) is 17.8. The molecule has 4 aromatic carbocycles. The molecule has 0 fully saturated rings. The summed E-state index contributed by atoms with van der Waals surface area (Å²) in [5, 5.41) is 3.82. The van der Waals surface area contributed by atoms with Crippen LogP contribution in [0.3, 0.4) is 0 Å². The van der Waals surface area contributed by atoms with Crippen LogP contribution in [0.15, 0.2) is 121 Å². The molecule has 0 nitrogen and oxygen atoms in total. The van der Waals surface area contributed by atoms with Crippen molar-refractivity contribution >= 4 is 29.3 Å². The van der Waals surface area contributed by atoms with Crippen molar-refractivity contribution in [3.63, 3.8) is 0 Å². The Kier molecular flexibility index (Phi) is 8.13. The monoisotopic (exact) mass is 482 g/mol. The second-order valence-electron chi connectivity index (χ2n) is 7.52. The number of alkyl halides is 3. The SMILES string of the molecule is FC(F)(F)c1ccc(C=CC[P+](c2ccccc2)(c2ccccc2)c2ccccc2)cc1.[Cl-]. The molecule has 0 aliphatic heterocycles. The fourth-order valence-electron chi connectivity index (χ4n) is 3.94. The van der Waals surface area contributed by atoms with E-state index in [-0.39, 0.29) is 12.4 Å². The lowest BCUT2D eigenvalue weighted by atomic mass is 10.1. The smallest absolute Gasteiger partial charge is 0.416 e. The van der Waals surface area contributed by atoms with E-state index in [2.05, 4.69) is 78.9 Å². The highest BCUT2D eigenvalue weighted by Crippen LogP contribution is 2.55. The molecule has 5 heteroatoms. The standard InChI is InChI=1S/C28H23F3P.ClH/c29-28(30,31)24-20-18-23(19-21-24)11-10-22-32(25-12-4-1-5-13-25,26-14-6-2-7-15-26)27-16-8-3-9-17-27;/h1-21H,22H2;1H/q+1;/p-1. The summed E-state index contributed by atoms with van der Waals surface area (Å²) in [6, 6.07) is 36.8. The summed E-state index contributed by atoms with van der Waals surface area (Å²) in [6.07, 6.45) is 0.468. The zero-order chi connectivity index (χ0) is 22.4. The third-order valence-corrected chi connectivity index (χ3v) is 9.82. The lowest BCUT2D eigenvalue weighted by molar-refractivity contribution is -0.137. The molecule has 0 radical (unpaired) electrons. The van der Waals surface area contributed by atoms with Crippen molar-refractivity contribution in [2.24, 2.45) is 0 Å². The average molecular weight is 483 g/mol. The highest BCUT2D eigenvalue weighted by atomic mass is 35.5. The highest BCUT2D eigenvalue weighted by molar-refractivity contribution is 7.95. The average Bonchev–Trinajstić information content (AvgIpc) is 2.83. The summed E-state index contributed by atoms with van der Waals surface area (Å²) in [5.41, 5.74) is 0.125. The summed E-state index contributed by atoms with van der Waals surface area (Å²) in [7, 11) is -1.99. The quantitative estimate of drug-likeness (QED) is 0.368. The Morgan fingerprint density at radius 3 is 1.33 bits per heavy atom. The number of hydrogen-bond donors (Lipinski definition) is 0. The van der Waals surface area contributed by atoms with Crippen molar-refractivity contribution in [2.75, 3.05) is 6.16 Å². The zero-order valence-corrected chi connectivity index (χ0v) is 19.4. The van der Waals surface area contributed by atoms with Crippen LogP contribution in [0.2, 0.25) is 0 Å². The molecule has 168 valence electrons. The molecule has 0 aliphatic rings. The van der Waals surface area contributed by atoms with Gasteiger partial charge in [0, 0.05) is 0 Å². The van der Waals surface area contributed by atoms with E-state index in [1.807, 2.05) is 24.3 Å². The maximum absolute atomic E-state index is 12.9. The van der Waals surface area contributed by atoms with Crippen LogP contribution in [0.25, 0.3) is 6.08 Å². The molecular formula is C28H23ClF3P. The van der Waals surface area contributed by atoms with Gasteiger partial charge in [-0.25, -0.2) is 0 Å². The lowest BCUT2D eigenvalue weighted by Gasteiger charge is -2.26. The molecular weight excluding hydrogens is 460 g/mol. The van der Waals surface area contributed by atoms with Gasteiger partial charge in [0.15, 0.2) is 0 Å². The van der Waals surface area contributed by atoms with E-state index in [1.54, 1.807) is 0 Å². The van der Waals surface area contributed by atoms with Gasteiger partial charge >= 0.3 is 6.18 Å². The van der Waals surface area contributed by atoms with Crippen LogP contribution in [0.5, 0.6) is 0 Å². The minimum Gasteiger partial charge on any atom is -1.00 e. The van der Waals surface area contributed by atoms with Gasteiger partial charge in [0.25, 0.3) is 0 Å². The number of benzene rings is 4. The van der Waals surface area contributed by atoms with Crippen LogP contribution in [0.4, 0.5) is 13.2 Å². The Labute approximate surface area is 199 Å². The van der Waals surface area contributed by atoms with Crippen molar-refractivity contribution in [1.29, 1.82) is 0 Å². The van der Waals surface area contributed by atoms with Crippen LogP contribution < -0.4 is 28.3 Å². The third-order valence-electron chi connectivity index (χ3n) is 5.52. The molecule has 4 rings (SSSR count). The fraction of sp³-hybridized carbons (Fsp3) is 0.0714. The second-order valence-corrected chi connectivity index (χ2v) is 11.1. The second kappa shape index (κ2) is 10.8. The maximum atomic E-state index is 12.9. The van der Waals surface area contributed by atoms with Crippen LogP contribution >= 0.6 is 7.26 Å². The van der Waals surface area contributed by atoms with Gasteiger partial charge in [0.1, 0.15) is 23.2 Å². The van der Waals surface area contributed by atoms with E-state index in [0.717, 1.165) is 23.9 Å². The molecule has 0 aliphatic carbocycles. The minimum absolute atomic E-state index is 0. The van der Waals surface area contributed by atoms with Gasteiger partial charge in [-0.3, -0.25) is 0 Å².